The van der Waals surface area contributed by atoms with Crippen molar-refractivity contribution in [2.24, 2.45) is 5.92 Å². The number of likely N-dealkylation sites (tertiary alicyclic amines) is 1. The Morgan fingerprint density at radius 2 is 1.94 bits per heavy atom. The van der Waals surface area contributed by atoms with Gasteiger partial charge in [0.05, 0.1) is 13.2 Å². The Balaban J connectivity index is 1.22. The van der Waals surface area contributed by atoms with E-state index in [1.165, 1.54) is 16.5 Å². The summed E-state index contributed by atoms with van der Waals surface area (Å²) >= 11 is 6.26. The number of hydrogen-bond acceptors (Lipinski definition) is 4. The fourth-order valence-corrected chi connectivity index (χ4v) is 4.98. The zero-order valence-electron chi connectivity index (χ0n) is 18.6. The van der Waals surface area contributed by atoms with Crippen LogP contribution in [-0.4, -0.2) is 72.8 Å². The number of piperidine rings is 1. The third-order valence-corrected chi connectivity index (χ3v) is 6.91. The van der Waals surface area contributed by atoms with Crippen molar-refractivity contribution < 1.29 is 9.53 Å². The van der Waals surface area contributed by atoms with Crippen LogP contribution >= 0.6 is 11.6 Å². The van der Waals surface area contributed by atoms with Crippen LogP contribution in [-0.2, 0) is 22.6 Å². The third-order valence-electron chi connectivity index (χ3n) is 6.67. The molecular formula is C24H35ClN4O2. The molecule has 1 aromatic heterocycles. The Labute approximate surface area is 190 Å². The van der Waals surface area contributed by atoms with Crippen molar-refractivity contribution in [2.75, 3.05) is 52.5 Å². The number of rotatable bonds is 8. The van der Waals surface area contributed by atoms with Crippen LogP contribution in [0.2, 0.25) is 5.02 Å². The number of amides is 1. The van der Waals surface area contributed by atoms with Crippen LogP contribution in [0.25, 0.3) is 10.9 Å². The highest BCUT2D eigenvalue weighted by Crippen LogP contribution is 2.27. The number of benzene rings is 1. The Hall–Kier alpha value is -1.60. The summed E-state index contributed by atoms with van der Waals surface area (Å²) in [6.45, 7) is 11.5. The Kier molecular flexibility index (Phi) is 7.88. The lowest BCUT2D eigenvalue weighted by molar-refractivity contribution is -0.126. The molecule has 2 fully saturated rings. The van der Waals surface area contributed by atoms with E-state index in [2.05, 4.69) is 44.9 Å². The van der Waals surface area contributed by atoms with Crippen molar-refractivity contribution in [1.82, 2.24) is 19.7 Å². The van der Waals surface area contributed by atoms with Gasteiger partial charge in [0, 0.05) is 60.8 Å². The summed E-state index contributed by atoms with van der Waals surface area (Å²) in [5, 5.41) is 5.19. The molecule has 0 saturated carbocycles. The second-order valence-electron chi connectivity index (χ2n) is 8.75. The molecule has 1 aromatic carbocycles. The molecule has 2 aliphatic rings. The van der Waals surface area contributed by atoms with E-state index in [9.17, 15) is 4.79 Å². The average Bonchev–Trinajstić information content (AvgIpc) is 3.14. The number of nitrogens with one attached hydrogen (secondary N) is 1. The first-order chi connectivity index (χ1) is 15.1. The van der Waals surface area contributed by atoms with Crippen LogP contribution in [0.1, 0.15) is 31.7 Å². The standard InChI is InChI=1S/C24H35ClN4O2/c1-2-29-18-20(22-16-21(25)4-5-23(22)29)17-28-10-6-19(7-11-28)24(30)26-8-3-9-27-12-14-31-15-13-27/h4-5,16,18-19H,2-3,6-15,17H2,1H3,(H,26,30). The largest absolute Gasteiger partial charge is 0.379 e. The number of ether oxygens (including phenoxy) is 1. The first-order valence-electron chi connectivity index (χ1n) is 11.7. The van der Waals surface area contributed by atoms with Gasteiger partial charge in [0.15, 0.2) is 0 Å². The summed E-state index contributed by atoms with van der Waals surface area (Å²) in [6.07, 6.45) is 5.13. The summed E-state index contributed by atoms with van der Waals surface area (Å²) in [5.74, 6) is 0.377. The lowest BCUT2D eigenvalue weighted by Crippen LogP contribution is -2.41. The van der Waals surface area contributed by atoms with Crippen LogP contribution in [0.3, 0.4) is 0 Å². The molecule has 0 spiro atoms. The Morgan fingerprint density at radius 1 is 1.16 bits per heavy atom. The van der Waals surface area contributed by atoms with E-state index in [1.54, 1.807) is 0 Å². The number of aryl methyl sites for hydroxylation is 1. The second-order valence-corrected chi connectivity index (χ2v) is 9.19. The Bertz CT molecular complexity index is 870. The lowest BCUT2D eigenvalue weighted by Gasteiger charge is -2.31. The fraction of sp³-hybridized carbons (Fsp3) is 0.625. The van der Waals surface area contributed by atoms with Gasteiger partial charge in [0.1, 0.15) is 0 Å². The molecule has 3 heterocycles. The van der Waals surface area contributed by atoms with E-state index in [-0.39, 0.29) is 11.8 Å². The molecule has 0 atom stereocenters. The normalized spacial score (nSPS) is 19.2. The summed E-state index contributed by atoms with van der Waals surface area (Å²) < 4.78 is 7.67. The molecule has 0 radical (unpaired) electrons. The molecule has 0 aliphatic carbocycles. The van der Waals surface area contributed by atoms with Gasteiger partial charge in [-0.25, -0.2) is 0 Å². The number of halogens is 1. The van der Waals surface area contributed by atoms with Crippen LogP contribution in [0.4, 0.5) is 0 Å². The van der Waals surface area contributed by atoms with Crippen molar-refractivity contribution in [3.05, 3.63) is 35.0 Å². The zero-order chi connectivity index (χ0) is 21.6. The minimum Gasteiger partial charge on any atom is -0.379 e. The maximum absolute atomic E-state index is 12.6. The number of carbonyl (C=O) groups excluding carboxylic acids is 1. The van der Waals surface area contributed by atoms with E-state index in [4.69, 9.17) is 16.3 Å². The predicted molar refractivity (Wildman–Crippen MR) is 126 cm³/mol. The molecule has 2 aliphatic heterocycles. The molecule has 0 bridgehead atoms. The van der Waals surface area contributed by atoms with Crippen molar-refractivity contribution in [3.8, 4) is 0 Å². The topological polar surface area (TPSA) is 49.7 Å². The van der Waals surface area contributed by atoms with Crippen molar-refractivity contribution in [1.29, 1.82) is 0 Å². The van der Waals surface area contributed by atoms with Gasteiger partial charge >= 0.3 is 0 Å². The SMILES string of the molecule is CCn1cc(CN2CCC(C(=O)NCCCN3CCOCC3)CC2)c2cc(Cl)ccc21. The van der Waals surface area contributed by atoms with Crippen molar-refractivity contribution in [2.45, 2.75) is 39.3 Å². The Morgan fingerprint density at radius 3 is 2.68 bits per heavy atom. The highest BCUT2D eigenvalue weighted by atomic mass is 35.5. The van der Waals surface area contributed by atoms with Gasteiger partial charge in [-0.15, -0.1) is 0 Å². The smallest absolute Gasteiger partial charge is 0.223 e. The summed E-state index contributed by atoms with van der Waals surface area (Å²) in [6, 6.07) is 6.15. The van der Waals surface area contributed by atoms with E-state index in [1.807, 2.05) is 6.07 Å². The maximum Gasteiger partial charge on any atom is 0.223 e. The van der Waals surface area contributed by atoms with E-state index in [0.29, 0.717) is 0 Å². The van der Waals surface area contributed by atoms with E-state index in [0.717, 1.165) is 89.9 Å². The van der Waals surface area contributed by atoms with Gasteiger partial charge in [-0.2, -0.15) is 0 Å². The number of morpholine rings is 1. The van der Waals surface area contributed by atoms with E-state index >= 15 is 0 Å². The number of carbonyl (C=O) groups is 1. The molecule has 2 aromatic rings. The van der Waals surface area contributed by atoms with Gasteiger partial charge in [0.2, 0.25) is 5.91 Å². The van der Waals surface area contributed by atoms with E-state index < -0.39 is 0 Å². The van der Waals surface area contributed by atoms with Gasteiger partial charge < -0.3 is 14.6 Å². The van der Waals surface area contributed by atoms with Crippen LogP contribution in [0, 0.1) is 5.92 Å². The minimum absolute atomic E-state index is 0.145. The minimum atomic E-state index is 0.145. The lowest BCUT2D eigenvalue weighted by atomic mass is 9.95. The fourth-order valence-electron chi connectivity index (χ4n) is 4.81. The van der Waals surface area contributed by atoms with Gasteiger partial charge in [-0.3, -0.25) is 14.6 Å². The highest BCUT2D eigenvalue weighted by Gasteiger charge is 2.25. The number of fused-ring (bicyclic) bond motifs is 1. The predicted octanol–water partition coefficient (Wildman–Crippen LogP) is 3.37. The molecule has 1 N–H and O–H groups in total. The molecule has 0 unspecified atom stereocenters. The van der Waals surface area contributed by atoms with Crippen LogP contribution in [0.15, 0.2) is 24.4 Å². The summed E-state index contributed by atoms with van der Waals surface area (Å²) in [4.78, 5) is 17.5. The average molecular weight is 447 g/mol. The monoisotopic (exact) mass is 446 g/mol. The first kappa shape index (κ1) is 22.6. The number of hydrogen-bond donors (Lipinski definition) is 1. The molecule has 7 heteroatoms. The molecule has 31 heavy (non-hydrogen) atoms. The molecule has 6 nitrogen and oxygen atoms in total. The molecule has 4 rings (SSSR count). The maximum atomic E-state index is 12.6. The zero-order valence-corrected chi connectivity index (χ0v) is 19.4. The van der Waals surface area contributed by atoms with Crippen LogP contribution < -0.4 is 5.32 Å². The third kappa shape index (κ3) is 5.80. The second kappa shape index (κ2) is 10.8. The first-order valence-corrected chi connectivity index (χ1v) is 12.1. The van der Waals surface area contributed by atoms with Crippen molar-refractivity contribution >= 4 is 28.4 Å². The van der Waals surface area contributed by atoms with Gasteiger partial charge in [0.25, 0.3) is 0 Å². The molecule has 2 saturated heterocycles. The molecular weight excluding hydrogens is 412 g/mol. The highest BCUT2D eigenvalue weighted by molar-refractivity contribution is 6.31. The molecule has 170 valence electrons. The molecule has 1 amide bonds. The summed E-state index contributed by atoms with van der Waals surface area (Å²) in [7, 11) is 0. The number of aromatic nitrogens is 1. The van der Waals surface area contributed by atoms with Crippen molar-refractivity contribution in [3.63, 3.8) is 0 Å². The van der Waals surface area contributed by atoms with Gasteiger partial charge in [-0.05, 0) is 69.6 Å². The number of nitrogens with zero attached hydrogens (tertiary/aromatic N) is 3. The summed E-state index contributed by atoms with van der Waals surface area (Å²) in [5.41, 5.74) is 2.57. The van der Waals surface area contributed by atoms with Gasteiger partial charge in [-0.1, -0.05) is 11.6 Å². The quantitative estimate of drug-likeness (QED) is 0.631. The van der Waals surface area contributed by atoms with Crippen LogP contribution in [0.5, 0.6) is 0 Å².